The fraction of sp³-hybridized carbons (Fsp3) is 0.333. The summed E-state index contributed by atoms with van der Waals surface area (Å²) >= 11 is 0. The van der Waals surface area contributed by atoms with Gasteiger partial charge < -0.3 is 5.23 Å². The first-order valence-electron chi connectivity index (χ1n) is 1.60. The van der Waals surface area contributed by atoms with Gasteiger partial charge in [-0.25, -0.2) is 0 Å². The van der Waals surface area contributed by atoms with Gasteiger partial charge in [0.15, 0.2) is 0 Å². The summed E-state index contributed by atoms with van der Waals surface area (Å²) in [5, 5.41) is 2.83. The molecule has 1 N–H and O–H groups in total. The van der Waals surface area contributed by atoms with Gasteiger partial charge in [-0.1, -0.05) is 6.58 Å². The van der Waals surface area contributed by atoms with Gasteiger partial charge in [-0.05, 0) is 12.6 Å². The zero-order valence-corrected chi connectivity index (χ0v) is 3.71. The van der Waals surface area contributed by atoms with Crippen LogP contribution in [0.2, 0.25) is 0 Å². The van der Waals surface area contributed by atoms with E-state index < -0.39 is 0 Å². The van der Waals surface area contributed by atoms with Crippen molar-refractivity contribution in [3.05, 3.63) is 12.3 Å². The van der Waals surface area contributed by atoms with E-state index in [0.717, 1.165) is 5.70 Å². The van der Waals surface area contributed by atoms with Gasteiger partial charge in [0.25, 0.3) is 0 Å². The van der Waals surface area contributed by atoms with Crippen molar-refractivity contribution in [2.24, 2.45) is 0 Å². The molecule has 0 fully saturated rings. The Morgan fingerprint density at radius 3 is 2.20 bits per heavy atom. The second-order valence-electron chi connectivity index (χ2n) is 1.03. The average Bonchev–Trinajstić information content (AvgIpc) is 1.38. The fourth-order valence-electron chi connectivity index (χ4n) is 0. The van der Waals surface area contributed by atoms with Crippen LogP contribution in [-0.2, 0) is 0 Å². The molecule has 0 heterocycles. The molecule has 0 aliphatic rings. The monoisotopic (exact) mass is 69.1 g/mol. The Hall–Kier alpha value is -0.395. The van der Waals surface area contributed by atoms with Crippen molar-refractivity contribution in [2.75, 3.05) is 0 Å². The number of hydrogen-bond acceptors (Lipinski definition) is 1. The summed E-state index contributed by atoms with van der Waals surface area (Å²) in [5.74, 6) is 0. The third-order valence-corrected chi connectivity index (χ3v) is 0.427. The normalized spacial score (nSPS) is 6.60. The van der Waals surface area contributed by atoms with Gasteiger partial charge in [-0.2, -0.15) is 0 Å². The zero-order chi connectivity index (χ0) is 4.28. The number of rotatable bonds is 1. The van der Waals surface area contributed by atoms with Gasteiger partial charge in [-0.3, -0.25) is 0 Å². The van der Waals surface area contributed by atoms with Gasteiger partial charge in [-0.15, -0.1) is 0 Å². The van der Waals surface area contributed by atoms with Gasteiger partial charge in [0.1, 0.15) is 0 Å². The third-order valence-electron chi connectivity index (χ3n) is 0.427. The summed E-state index contributed by atoms with van der Waals surface area (Å²) in [4.78, 5) is 0. The van der Waals surface area contributed by atoms with E-state index in [9.17, 15) is 0 Å². The average molecular weight is 68.9 g/mol. The van der Waals surface area contributed by atoms with Crippen molar-refractivity contribution in [1.82, 2.24) is 5.23 Å². The molecule has 2 heteroatoms. The molecule has 0 spiro atoms. The minimum absolute atomic E-state index is 1.00. The predicted octanol–water partition coefficient (Wildman–Crippen LogP) is -0.342. The van der Waals surface area contributed by atoms with Crippen molar-refractivity contribution in [2.45, 2.75) is 6.92 Å². The first-order valence-corrected chi connectivity index (χ1v) is 1.60. The molecule has 0 aliphatic heterocycles. The lowest BCUT2D eigenvalue weighted by Gasteiger charge is -1.87. The lowest BCUT2D eigenvalue weighted by atomic mass is 10.4. The fourth-order valence-corrected chi connectivity index (χ4v) is 0. The maximum Gasteiger partial charge on any atom is 0.213 e. The summed E-state index contributed by atoms with van der Waals surface area (Å²) in [7, 11) is 1.85. The minimum atomic E-state index is 1.00. The molecule has 28 valence electrons. The highest BCUT2D eigenvalue weighted by Crippen LogP contribution is 1.67. The summed E-state index contributed by atoms with van der Waals surface area (Å²) in [6.07, 6.45) is 0. The first-order chi connectivity index (χ1) is 2.27. The SMILES string of the molecule is BNC(=C)C. The molecule has 0 aromatic rings. The summed E-state index contributed by atoms with van der Waals surface area (Å²) in [6, 6.07) is 0. The molecule has 0 radical (unpaired) electrons. The van der Waals surface area contributed by atoms with Crippen molar-refractivity contribution >= 4 is 7.98 Å². The van der Waals surface area contributed by atoms with Crippen LogP contribution in [0.25, 0.3) is 0 Å². The Balaban J connectivity index is 2.85. The molecule has 0 aromatic carbocycles. The summed E-state index contributed by atoms with van der Waals surface area (Å²) in [5.41, 5.74) is 1.00. The van der Waals surface area contributed by atoms with E-state index in [1.54, 1.807) is 0 Å². The van der Waals surface area contributed by atoms with Crippen molar-refractivity contribution in [3.63, 3.8) is 0 Å². The van der Waals surface area contributed by atoms with Crippen LogP contribution < -0.4 is 5.23 Å². The quantitative estimate of drug-likeness (QED) is 0.415. The Morgan fingerprint density at radius 2 is 2.20 bits per heavy atom. The topological polar surface area (TPSA) is 12.0 Å². The molecule has 0 rings (SSSR count). The molecule has 0 aliphatic carbocycles. The van der Waals surface area contributed by atoms with E-state index in [-0.39, 0.29) is 0 Å². The van der Waals surface area contributed by atoms with E-state index in [4.69, 9.17) is 0 Å². The third kappa shape index (κ3) is 3.60. The van der Waals surface area contributed by atoms with Crippen molar-refractivity contribution < 1.29 is 0 Å². The molecule has 1 nitrogen and oxygen atoms in total. The minimum Gasteiger partial charge on any atom is -0.438 e. The smallest absolute Gasteiger partial charge is 0.213 e. The van der Waals surface area contributed by atoms with E-state index in [2.05, 4.69) is 11.8 Å². The Labute approximate surface area is 33.5 Å². The van der Waals surface area contributed by atoms with E-state index in [1.165, 1.54) is 0 Å². The zero-order valence-electron chi connectivity index (χ0n) is 3.71. The number of nitrogens with one attached hydrogen (secondary N) is 1. The van der Waals surface area contributed by atoms with Crippen LogP contribution in [0.3, 0.4) is 0 Å². The molecule has 0 aromatic heterocycles. The Morgan fingerprint density at radius 1 is 2.00 bits per heavy atom. The largest absolute Gasteiger partial charge is 0.438 e. The number of allylic oxidation sites excluding steroid dienone is 1. The van der Waals surface area contributed by atoms with Crippen LogP contribution in [0.4, 0.5) is 0 Å². The molecule has 5 heavy (non-hydrogen) atoms. The molecule has 0 bridgehead atoms. The van der Waals surface area contributed by atoms with Crippen LogP contribution in [0.1, 0.15) is 6.92 Å². The lowest BCUT2D eigenvalue weighted by Crippen LogP contribution is -2.01. The highest BCUT2D eigenvalue weighted by atomic mass is 14.7. The Kier molecular flexibility index (Phi) is 1.73. The highest BCUT2D eigenvalue weighted by Gasteiger charge is 1.63. The van der Waals surface area contributed by atoms with Crippen molar-refractivity contribution in [3.8, 4) is 0 Å². The molecular weight excluding hydrogens is 60.9 g/mol. The maximum atomic E-state index is 3.56. The molecular formula is C3H8BN. The van der Waals surface area contributed by atoms with E-state index in [1.807, 2.05) is 14.9 Å². The second-order valence-corrected chi connectivity index (χ2v) is 1.03. The van der Waals surface area contributed by atoms with Gasteiger partial charge >= 0.3 is 0 Å². The van der Waals surface area contributed by atoms with Crippen LogP contribution in [-0.4, -0.2) is 7.98 Å². The summed E-state index contributed by atoms with van der Waals surface area (Å²) < 4.78 is 0. The van der Waals surface area contributed by atoms with Crippen LogP contribution >= 0.6 is 0 Å². The first kappa shape index (κ1) is 4.60. The highest BCUT2D eigenvalue weighted by molar-refractivity contribution is 6.05. The second kappa shape index (κ2) is 1.88. The molecule has 0 saturated carbocycles. The predicted molar refractivity (Wildman–Crippen MR) is 26.5 cm³/mol. The van der Waals surface area contributed by atoms with Gasteiger partial charge in [0.05, 0.1) is 0 Å². The lowest BCUT2D eigenvalue weighted by molar-refractivity contribution is 1.20. The molecule has 0 unspecified atom stereocenters. The maximum absolute atomic E-state index is 3.56. The molecule has 0 atom stereocenters. The van der Waals surface area contributed by atoms with Crippen molar-refractivity contribution in [1.29, 1.82) is 0 Å². The van der Waals surface area contributed by atoms with E-state index >= 15 is 0 Å². The van der Waals surface area contributed by atoms with Crippen LogP contribution in [0, 0.1) is 0 Å². The van der Waals surface area contributed by atoms with Gasteiger partial charge in [0.2, 0.25) is 7.98 Å². The van der Waals surface area contributed by atoms with Crippen LogP contribution in [0.15, 0.2) is 12.3 Å². The standard InChI is InChI=1S/C3H8BN/c1-3(2)5-4/h5H,1,4H2,2H3. The number of hydrogen-bond donors (Lipinski definition) is 1. The Bertz CT molecular complexity index is 42.2. The van der Waals surface area contributed by atoms with E-state index in [0.29, 0.717) is 0 Å². The summed E-state index contributed by atoms with van der Waals surface area (Å²) in [6.45, 7) is 5.48. The van der Waals surface area contributed by atoms with Crippen LogP contribution in [0.5, 0.6) is 0 Å². The van der Waals surface area contributed by atoms with Gasteiger partial charge in [0, 0.05) is 0 Å². The molecule has 0 amide bonds. The molecule has 0 saturated heterocycles.